The minimum atomic E-state index is 0.0177. The van der Waals surface area contributed by atoms with Gasteiger partial charge in [-0.3, -0.25) is 9.69 Å². The number of carbonyl (C=O) groups excluding carboxylic acids is 1. The molecule has 0 saturated carbocycles. The van der Waals surface area contributed by atoms with Gasteiger partial charge in [-0.1, -0.05) is 11.6 Å². The Kier molecular flexibility index (Phi) is 5.26. The lowest BCUT2D eigenvalue weighted by molar-refractivity contribution is 0.0948. The van der Waals surface area contributed by atoms with Crippen LogP contribution in [0.5, 0.6) is 0 Å². The van der Waals surface area contributed by atoms with Crippen LogP contribution in [0.15, 0.2) is 17.8 Å². The summed E-state index contributed by atoms with van der Waals surface area (Å²) in [5.74, 6) is 0.0177. The zero-order chi connectivity index (χ0) is 15.4. The van der Waals surface area contributed by atoms with Crippen LogP contribution in [-0.2, 0) is 6.54 Å². The van der Waals surface area contributed by atoms with Crippen molar-refractivity contribution in [3.63, 3.8) is 0 Å². The quantitative estimate of drug-likeness (QED) is 0.847. The maximum atomic E-state index is 12.4. The van der Waals surface area contributed by atoms with Crippen LogP contribution in [0.25, 0.3) is 0 Å². The molecule has 0 radical (unpaired) electrons. The minimum Gasteiger partial charge on any atom is -0.345 e. The van der Waals surface area contributed by atoms with E-state index >= 15 is 0 Å². The average Bonchev–Trinajstić information content (AvgIpc) is 3.20. The van der Waals surface area contributed by atoms with E-state index in [0.717, 1.165) is 42.4 Å². The second-order valence-electron chi connectivity index (χ2n) is 6.32. The van der Waals surface area contributed by atoms with Gasteiger partial charge >= 0.3 is 0 Å². The first-order chi connectivity index (χ1) is 10.7. The number of aromatic nitrogens is 1. The van der Waals surface area contributed by atoms with Gasteiger partial charge in [0.2, 0.25) is 0 Å². The third kappa shape index (κ3) is 3.96. The number of carbonyl (C=O) groups is 1. The molecule has 1 amide bonds. The van der Waals surface area contributed by atoms with Crippen molar-refractivity contribution < 1.29 is 4.79 Å². The highest BCUT2D eigenvalue weighted by Crippen LogP contribution is 2.21. The molecule has 1 N–H and O–H groups in total. The first kappa shape index (κ1) is 15.7. The highest BCUT2D eigenvalue weighted by molar-refractivity contribution is 7.13. The van der Waals surface area contributed by atoms with Crippen LogP contribution in [0.3, 0.4) is 0 Å². The van der Waals surface area contributed by atoms with Crippen molar-refractivity contribution in [1.82, 2.24) is 15.2 Å². The van der Waals surface area contributed by atoms with Crippen LogP contribution in [0, 0.1) is 0 Å². The van der Waals surface area contributed by atoms with E-state index in [0.29, 0.717) is 0 Å². The van der Waals surface area contributed by atoms with E-state index in [-0.39, 0.29) is 11.9 Å². The highest BCUT2D eigenvalue weighted by atomic mass is 32.1. The second-order valence-corrected chi connectivity index (χ2v) is 7.44. The lowest BCUT2D eigenvalue weighted by Crippen LogP contribution is -2.34. The molecule has 1 unspecified atom stereocenters. The molecule has 2 aliphatic rings. The monoisotopic (exact) mass is 319 g/mol. The molecule has 1 aliphatic carbocycles. The third-order valence-electron chi connectivity index (χ3n) is 4.56. The molecule has 1 fully saturated rings. The molecule has 3 rings (SSSR count). The summed E-state index contributed by atoms with van der Waals surface area (Å²) in [6.45, 7) is 5.29. The summed E-state index contributed by atoms with van der Waals surface area (Å²) in [7, 11) is 0. The summed E-state index contributed by atoms with van der Waals surface area (Å²) >= 11 is 1.53. The predicted molar refractivity (Wildman–Crippen MR) is 90.1 cm³/mol. The zero-order valence-electron chi connectivity index (χ0n) is 13.3. The second kappa shape index (κ2) is 7.38. The summed E-state index contributed by atoms with van der Waals surface area (Å²) in [4.78, 5) is 19.9. The average molecular weight is 319 g/mol. The summed E-state index contributed by atoms with van der Waals surface area (Å²) in [6.07, 6.45) is 11.4. The van der Waals surface area contributed by atoms with Crippen molar-refractivity contribution in [2.75, 3.05) is 13.1 Å². The van der Waals surface area contributed by atoms with Crippen LogP contribution in [0.1, 0.15) is 60.1 Å². The highest BCUT2D eigenvalue weighted by Gasteiger charge is 2.18. The number of hydrogen-bond donors (Lipinski definition) is 1. The van der Waals surface area contributed by atoms with Gasteiger partial charge in [0.25, 0.3) is 5.91 Å². The Labute approximate surface area is 136 Å². The van der Waals surface area contributed by atoms with Crippen molar-refractivity contribution in [3.8, 4) is 0 Å². The largest absolute Gasteiger partial charge is 0.345 e. The molecule has 2 heterocycles. The van der Waals surface area contributed by atoms with Gasteiger partial charge in [0.05, 0.1) is 12.7 Å². The van der Waals surface area contributed by atoms with Gasteiger partial charge in [-0.2, -0.15) is 0 Å². The maximum Gasteiger partial charge on any atom is 0.263 e. The van der Waals surface area contributed by atoms with Crippen LogP contribution < -0.4 is 5.32 Å². The summed E-state index contributed by atoms with van der Waals surface area (Å²) in [6, 6.07) is 0.136. The molecule has 0 spiro atoms. The van der Waals surface area contributed by atoms with Crippen molar-refractivity contribution in [3.05, 3.63) is 27.7 Å². The topological polar surface area (TPSA) is 45.2 Å². The first-order valence-corrected chi connectivity index (χ1v) is 9.21. The maximum absolute atomic E-state index is 12.4. The van der Waals surface area contributed by atoms with Crippen LogP contribution in [-0.4, -0.2) is 34.9 Å². The van der Waals surface area contributed by atoms with Crippen LogP contribution in [0.2, 0.25) is 0 Å². The van der Waals surface area contributed by atoms with E-state index in [9.17, 15) is 4.79 Å². The lowest BCUT2D eigenvalue weighted by atomic mass is 9.95. The number of nitrogens with zero attached hydrogens (tertiary/aromatic N) is 2. The SMILES string of the molecule is CC(NC(=O)c1cnc(CN2CCCC2)s1)C1=CCCCC1. The Morgan fingerprint density at radius 2 is 2.18 bits per heavy atom. The molecule has 22 heavy (non-hydrogen) atoms. The smallest absolute Gasteiger partial charge is 0.263 e. The molecular formula is C17H25N3OS. The fourth-order valence-electron chi connectivity index (χ4n) is 3.24. The number of hydrogen-bond acceptors (Lipinski definition) is 4. The van der Waals surface area contributed by atoms with Gasteiger partial charge < -0.3 is 5.32 Å². The van der Waals surface area contributed by atoms with Gasteiger partial charge in [0, 0.05) is 6.04 Å². The molecular weight excluding hydrogens is 294 g/mol. The van der Waals surface area contributed by atoms with Gasteiger partial charge in [-0.15, -0.1) is 11.3 Å². The number of allylic oxidation sites excluding steroid dienone is 1. The summed E-state index contributed by atoms with van der Waals surface area (Å²) in [5.41, 5.74) is 1.38. The summed E-state index contributed by atoms with van der Waals surface area (Å²) < 4.78 is 0. The minimum absolute atomic E-state index is 0.0177. The number of amides is 1. The molecule has 0 aromatic carbocycles. The van der Waals surface area contributed by atoms with E-state index in [2.05, 4.69) is 28.2 Å². The van der Waals surface area contributed by atoms with Gasteiger partial charge in [0.15, 0.2) is 0 Å². The fraction of sp³-hybridized carbons (Fsp3) is 0.647. The molecule has 1 aromatic heterocycles. The van der Waals surface area contributed by atoms with Crippen LogP contribution >= 0.6 is 11.3 Å². The molecule has 1 saturated heterocycles. The van der Waals surface area contributed by atoms with E-state index in [1.807, 2.05) is 0 Å². The molecule has 0 bridgehead atoms. The van der Waals surface area contributed by atoms with Crippen molar-refractivity contribution >= 4 is 17.2 Å². The standard InChI is InChI=1S/C17H25N3OS/c1-13(14-7-3-2-4-8-14)19-17(21)15-11-18-16(22-15)12-20-9-5-6-10-20/h7,11,13H,2-6,8-10,12H2,1H3,(H,19,21). The number of thiazole rings is 1. The van der Waals surface area contributed by atoms with E-state index in [1.165, 1.54) is 42.6 Å². The molecule has 1 aromatic rings. The normalized spacial score (nSPS) is 20.7. The van der Waals surface area contributed by atoms with E-state index in [4.69, 9.17) is 0 Å². The van der Waals surface area contributed by atoms with Crippen molar-refractivity contribution in [1.29, 1.82) is 0 Å². The van der Waals surface area contributed by atoms with Gasteiger partial charge in [-0.05, 0) is 58.5 Å². The number of nitrogens with one attached hydrogen (secondary N) is 1. The fourth-order valence-corrected chi connectivity index (χ4v) is 4.10. The Balaban J connectivity index is 1.55. The lowest BCUT2D eigenvalue weighted by Gasteiger charge is -2.20. The Morgan fingerprint density at radius 1 is 1.36 bits per heavy atom. The third-order valence-corrected chi connectivity index (χ3v) is 5.55. The summed E-state index contributed by atoms with van der Waals surface area (Å²) in [5, 5.41) is 4.17. The van der Waals surface area contributed by atoms with Crippen molar-refractivity contribution in [2.24, 2.45) is 0 Å². The van der Waals surface area contributed by atoms with Crippen LogP contribution in [0.4, 0.5) is 0 Å². The van der Waals surface area contributed by atoms with Gasteiger partial charge in [0.1, 0.15) is 9.88 Å². The molecule has 120 valence electrons. The molecule has 1 aliphatic heterocycles. The van der Waals surface area contributed by atoms with Crippen molar-refractivity contribution in [2.45, 2.75) is 58.0 Å². The number of likely N-dealkylation sites (tertiary alicyclic amines) is 1. The Bertz CT molecular complexity index is 546. The molecule has 1 atom stereocenters. The first-order valence-electron chi connectivity index (χ1n) is 8.39. The van der Waals surface area contributed by atoms with Gasteiger partial charge in [-0.25, -0.2) is 4.98 Å². The van der Waals surface area contributed by atoms with E-state index < -0.39 is 0 Å². The number of rotatable bonds is 5. The molecule has 5 heteroatoms. The predicted octanol–water partition coefficient (Wildman–Crippen LogP) is 3.36. The Morgan fingerprint density at radius 3 is 2.91 bits per heavy atom. The zero-order valence-corrected chi connectivity index (χ0v) is 14.1. The Hall–Kier alpha value is -1.20. The molecule has 4 nitrogen and oxygen atoms in total. The van der Waals surface area contributed by atoms with E-state index in [1.54, 1.807) is 6.20 Å².